The van der Waals surface area contributed by atoms with E-state index in [4.69, 9.17) is 5.73 Å². The third kappa shape index (κ3) is 3.74. The maximum absolute atomic E-state index is 12.6. The third-order valence-corrected chi connectivity index (χ3v) is 5.78. The molecule has 1 unspecified atom stereocenters. The Labute approximate surface area is 180 Å². The molecule has 0 spiro atoms. The van der Waals surface area contributed by atoms with Crippen LogP contribution in [0.15, 0.2) is 48.8 Å². The molecule has 5 rings (SSSR count). The molecule has 0 saturated carbocycles. The molecular formula is C22H24N8O. The lowest BCUT2D eigenvalue weighted by atomic mass is 9.99. The van der Waals surface area contributed by atoms with Crippen molar-refractivity contribution in [3.63, 3.8) is 0 Å². The van der Waals surface area contributed by atoms with Gasteiger partial charge in [0.15, 0.2) is 0 Å². The van der Waals surface area contributed by atoms with Gasteiger partial charge in [0.05, 0.1) is 23.3 Å². The molecule has 1 amide bonds. The molecule has 2 aliphatic rings. The highest BCUT2D eigenvalue weighted by atomic mass is 16.2. The first-order valence-electron chi connectivity index (χ1n) is 10.5. The highest BCUT2D eigenvalue weighted by Crippen LogP contribution is 2.34. The zero-order valence-electron chi connectivity index (χ0n) is 17.1. The number of rotatable bonds is 4. The first-order chi connectivity index (χ1) is 15.2. The highest BCUT2D eigenvalue weighted by molar-refractivity contribution is 5.93. The van der Waals surface area contributed by atoms with Gasteiger partial charge in [-0.25, -0.2) is 15.0 Å². The van der Waals surface area contributed by atoms with Crippen LogP contribution in [0.1, 0.15) is 46.3 Å². The van der Waals surface area contributed by atoms with E-state index in [2.05, 4.69) is 24.9 Å². The first kappa shape index (κ1) is 19.2. The van der Waals surface area contributed by atoms with Gasteiger partial charge in [0.1, 0.15) is 6.04 Å². The number of hydrogen-bond acceptors (Lipinski definition) is 7. The summed E-state index contributed by atoms with van der Waals surface area (Å²) in [7, 11) is 0. The fraction of sp³-hybridized carbons (Fsp3) is 0.318. The average Bonchev–Trinajstić information content (AvgIpc) is 3.51. The summed E-state index contributed by atoms with van der Waals surface area (Å²) in [6, 6.07) is 5.37. The van der Waals surface area contributed by atoms with Gasteiger partial charge >= 0.3 is 0 Å². The van der Waals surface area contributed by atoms with Gasteiger partial charge in [-0.15, -0.1) is 0 Å². The second-order valence-corrected chi connectivity index (χ2v) is 7.78. The lowest BCUT2D eigenvalue weighted by Crippen LogP contribution is -2.39. The second kappa shape index (κ2) is 8.17. The lowest BCUT2D eigenvalue weighted by molar-refractivity contribution is 0.0792. The Morgan fingerprint density at radius 3 is 2.65 bits per heavy atom. The molecule has 1 atom stereocenters. The number of anilines is 1. The number of H-pyrrole nitrogens is 1. The number of aromatic nitrogens is 5. The van der Waals surface area contributed by atoms with Crippen molar-refractivity contribution in [2.24, 2.45) is 5.73 Å². The number of nitrogens with two attached hydrogens (primary N) is 1. The van der Waals surface area contributed by atoms with Gasteiger partial charge in [0, 0.05) is 56.0 Å². The van der Waals surface area contributed by atoms with Gasteiger partial charge in [-0.2, -0.15) is 0 Å². The number of imidazole rings is 1. The van der Waals surface area contributed by atoms with Crippen LogP contribution in [-0.2, 0) is 6.42 Å². The number of carbonyl (C=O) groups is 1. The quantitative estimate of drug-likeness (QED) is 0.667. The summed E-state index contributed by atoms with van der Waals surface area (Å²) in [6.45, 7) is 2.27. The molecule has 2 aliphatic heterocycles. The summed E-state index contributed by atoms with van der Waals surface area (Å²) >= 11 is 0. The molecule has 9 nitrogen and oxygen atoms in total. The predicted octanol–water partition coefficient (Wildman–Crippen LogP) is 1.93. The Balaban J connectivity index is 1.45. The van der Waals surface area contributed by atoms with E-state index in [-0.39, 0.29) is 11.9 Å². The molecule has 0 radical (unpaired) electrons. The first-order valence-corrected chi connectivity index (χ1v) is 10.5. The number of carbonyl (C=O) groups excluding carboxylic acids is 1. The van der Waals surface area contributed by atoms with E-state index in [0.717, 1.165) is 49.4 Å². The van der Waals surface area contributed by atoms with Gasteiger partial charge in [-0.3, -0.25) is 9.78 Å². The number of hydrogen-bond donors (Lipinski definition) is 2. The molecule has 0 aromatic carbocycles. The van der Waals surface area contributed by atoms with Crippen LogP contribution in [0.5, 0.6) is 0 Å². The summed E-state index contributed by atoms with van der Waals surface area (Å²) in [6.07, 6.45) is 11.4. The number of amides is 1. The lowest BCUT2D eigenvalue weighted by Gasteiger charge is -2.35. The van der Waals surface area contributed by atoms with Crippen LogP contribution in [-0.4, -0.2) is 55.4 Å². The number of likely N-dealkylation sites (tertiary alicyclic amines) is 1. The molecule has 3 aromatic rings. The summed E-state index contributed by atoms with van der Waals surface area (Å²) in [5.41, 5.74) is 10.4. The molecule has 0 aliphatic carbocycles. The van der Waals surface area contributed by atoms with E-state index in [9.17, 15) is 4.79 Å². The minimum atomic E-state index is -0.322. The van der Waals surface area contributed by atoms with Crippen molar-refractivity contribution in [1.82, 2.24) is 29.8 Å². The Morgan fingerprint density at radius 2 is 1.90 bits per heavy atom. The van der Waals surface area contributed by atoms with Crippen molar-refractivity contribution >= 4 is 17.9 Å². The third-order valence-electron chi connectivity index (χ3n) is 5.78. The standard InChI is InChI=1S/C22H24N8O/c23-17(11-16-5-1-2-7-24-16)20-19-18(27-14-28-19)6-10-30(20)22-25-12-15(13-26-22)21(31)29-8-3-4-9-29/h1-2,5,7,11-14,20H,3-4,6,8-10,23H2,(H,27,28)/b17-11-. The van der Waals surface area contributed by atoms with Crippen molar-refractivity contribution in [3.8, 4) is 0 Å². The zero-order valence-corrected chi connectivity index (χ0v) is 17.1. The summed E-state index contributed by atoms with van der Waals surface area (Å²) in [4.78, 5) is 37.6. The molecular weight excluding hydrogens is 392 g/mol. The number of nitrogens with zero attached hydrogens (tertiary/aromatic N) is 6. The van der Waals surface area contributed by atoms with E-state index in [1.54, 1.807) is 24.9 Å². The molecule has 5 heterocycles. The molecule has 9 heteroatoms. The van der Waals surface area contributed by atoms with Crippen molar-refractivity contribution < 1.29 is 4.79 Å². The number of pyridine rings is 1. The van der Waals surface area contributed by atoms with Crippen LogP contribution in [0.2, 0.25) is 0 Å². The molecule has 31 heavy (non-hydrogen) atoms. The zero-order chi connectivity index (χ0) is 21.2. The van der Waals surface area contributed by atoms with Gasteiger partial charge in [-0.1, -0.05) is 6.07 Å². The van der Waals surface area contributed by atoms with E-state index >= 15 is 0 Å². The maximum atomic E-state index is 12.6. The fourth-order valence-corrected chi connectivity index (χ4v) is 4.22. The Hall–Kier alpha value is -3.75. The van der Waals surface area contributed by atoms with Crippen LogP contribution in [0.4, 0.5) is 5.95 Å². The SMILES string of the molecule is N/C(=C\c1ccccn1)C1c2nc[nH]c2CCN1c1ncc(C(=O)N2CCCC2)cn1. The Morgan fingerprint density at radius 1 is 1.10 bits per heavy atom. The summed E-state index contributed by atoms with van der Waals surface area (Å²) in [5, 5.41) is 0. The molecule has 1 saturated heterocycles. The van der Waals surface area contributed by atoms with Crippen LogP contribution < -0.4 is 10.6 Å². The van der Waals surface area contributed by atoms with E-state index in [0.29, 0.717) is 23.8 Å². The fourth-order valence-electron chi connectivity index (χ4n) is 4.22. The summed E-state index contributed by atoms with van der Waals surface area (Å²) < 4.78 is 0. The van der Waals surface area contributed by atoms with E-state index in [1.165, 1.54) is 0 Å². The van der Waals surface area contributed by atoms with Crippen LogP contribution in [0, 0.1) is 0 Å². The van der Waals surface area contributed by atoms with Crippen molar-refractivity contribution in [1.29, 1.82) is 0 Å². The van der Waals surface area contributed by atoms with Crippen molar-refractivity contribution in [2.75, 3.05) is 24.5 Å². The van der Waals surface area contributed by atoms with E-state index < -0.39 is 0 Å². The maximum Gasteiger partial charge on any atom is 0.256 e. The van der Waals surface area contributed by atoms with Gasteiger partial charge in [0.25, 0.3) is 5.91 Å². The minimum Gasteiger partial charge on any atom is -0.400 e. The van der Waals surface area contributed by atoms with Crippen LogP contribution in [0.3, 0.4) is 0 Å². The monoisotopic (exact) mass is 416 g/mol. The smallest absolute Gasteiger partial charge is 0.256 e. The largest absolute Gasteiger partial charge is 0.400 e. The highest BCUT2D eigenvalue weighted by Gasteiger charge is 2.33. The summed E-state index contributed by atoms with van der Waals surface area (Å²) in [5.74, 6) is 0.511. The average molecular weight is 416 g/mol. The number of nitrogens with one attached hydrogen (secondary N) is 1. The second-order valence-electron chi connectivity index (χ2n) is 7.78. The number of aromatic amines is 1. The Bertz CT molecular complexity index is 1090. The molecule has 158 valence electrons. The van der Waals surface area contributed by atoms with Crippen LogP contribution in [0.25, 0.3) is 6.08 Å². The van der Waals surface area contributed by atoms with Crippen LogP contribution >= 0.6 is 0 Å². The predicted molar refractivity (Wildman–Crippen MR) is 116 cm³/mol. The molecule has 1 fully saturated rings. The molecule has 0 bridgehead atoms. The van der Waals surface area contributed by atoms with E-state index in [1.807, 2.05) is 34.1 Å². The van der Waals surface area contributed by atoms with Gasteiger partial charge < -0.3 is 20.5 Å². The normalized spacial score (nSPS) is 18.8. The van der Waals surface area contributed by atoms with Crippen molar-refractivity contribution in [3.05, 3.63) is 71.5 Å². The molecule has 3 N–H and O–H groups in total. The minimum absolute atomic E-state index is 0.0107. The number of fused-ring (bicyclic) bond motifs is 1. The Kier molecular flexibility index (Phi) is 5.07. The molecule has 3 aromatic heterocycles. The van der Waals surface area contributed by atoms with Gasteiger partial charge in [-0.05, 0) is 31.1 Å². The topological polar surface area (TPSA) is 117 Å². The van der Waals surface area contributed by atoms with Gasteiger partial charge in [0.2, 0.25) is 5.95 Å². The van der Waals surface area contributed by atoms with Crippen molar-refractivity contribution in [2.45, 2.75) is 25.3 Å².